The maximum atomic E-state index is 5.55. The van der Waals surface area contributed by atoms with Crippen molar-refractivity contribution in [3.05, 3.63) is 17.5 Å². The highest BCUT2D eigenvalue weighted by atomic mass is 16.5. The molecule has 1 aromatic rings. The molecule has 0 radical (unpaired) electrons. The van der Waals surface area contributed by atoms with E-state index in [1.54, 1.807) is 0 Å². The van der Waals surface area contributed by atoms with Crippen molar-refractivity contribution in [2.24, 2.45) is 7.05 Å². The fourth-order valence-corrected chi connectivity index (χ4v) is 2.01. The summed E-state index contributed by atoms with van der Waals surface area (Å²) in [7, 11) is 4.04. The SMILES string of the molecule is CCCOCCC(Cc1cc(CC)nn1C)NC. The second-order valence-electron chi connectivity index (χ2n) is 4.69. The minimum atomic E-state index is 0.460. The Bertz CT molecular complexity index is 336. The van der Waals surface area contributed by atoms with Crippen LogP contribution in [-0.4, -0.2) is 36.1 Å². The van der Waals surface area contributed by atoms with Gasteiger partial charge in [0.25, 0.3) is 0 Å². The molecule has 0 aliphatic carbocycles. The van der Waals surface area contributed by atoms with Crippen molar-refractivity contribution in [2.45, 2.75) is 45.6 Å². The summed E-state index contributed by atoms with van der Waals surface area (Å²) in [6, 6.07) is 2.67. The molecule has 0 spiro atoms. The molecule has 0 saturated carbocycles. The van der Waals surface area contributed by atoms with Gasteiger partial charge in [0.05, 0.1) is 5.69 Å². The lowest BCUT2D eigenvalue weighted by molar-refractivity contribution is 0.125. The highest BCUT2D eigenvalue weighted by Gasteiger charge is 2.11. The molecule has 0 bridgehead atoms. The van der Waals surface area contributed by atoms with Crippen LogP contribution in [0.15, 0.2) is 6.07 Å². The molecular formula is C14H27N3O. The summed E-state index contributed by atoms with van der Waals surface area (Å²) in [5.74, 6) is 0. The van der Waals surface area contributed by atoms with Crippen molar-refractivity contribution in [3.8, 4) is 0 Å². The second kappa shape index (κ2) is 8.27. The molecule has 0 aliphatic rings. The number of hydrogen-bond acceptors (Lipinski definition) is 3. The van der Waals surface area contributed by atoms with Crippen molar-refractivity contribution >= 4 is 0 Å². The third-order valence-electron chi connectivity index (χ3n) is 3.21. The minimum absolute atomic E-state index is 0.460. The Morgan fingerprint density at radius 3 is 2.72 bits per heavy atom. The monoisotopic (exact) mass is 253 g/mol. The first-order chi connectivity index (χ1) is 8.71. The zero-order chi connectivity index (χ0) is 13.4. The van der Waals surface area contributed by atoms with E-state index >= 15 is 0 Å². The largest absolute Gasteiger partial charge is 0.381 e. The molecule has 1 unspecified atom stereocenters. The van der Waals surface area contributed by atoms with Crippen LogP contribution in [0.25, 0.3) is 0 Å². The molecule has 1 N–H and O–H groups in total. The molecule has 18 heavy (non-hydrogen) atoms. The standard InChI is InChI=1S/C14H27N3O/c1-5-8-18-9-7-13(15-3)11-14-10-12(6-2)16-17(14)4/h10,13,15H,5-9,11H2,1-4H3. The summed E-state index contributed by atoms with van der Waals surface area (Å²) in [6.07, 6.45) is 4.14. The predicted octanol–water partition coefficient (Wildman–Crippen LogP) is 1.93. The molecule has 1 rings (SSSR count). The van der Waals surface area contributed by atoms with Gasteiger partial charge in [0, 0.05) is 38.4 Å². The van der Waals surface area contributed by atoms with Crippen LogP contribution < -0.4 is 5.32 Å². The number of nitrogens with one attached hydrogen (secondary N) is 1. The van der Waals surface area contributed by atoms with Gasteiger partial charge in [-0.05, 0) is 32.4 Å². The topological polar surface area (TPSA) is 39.1 Å². The Kier molecular flexibility index (Phi) is 6.98. The average molecular weight is 253 g/mol. The summed E-state index contributed by atoms with van der Waals surface area (Å²) >= 11 is 0. The Hall–Kier alpha value is -0.870. The first kappa shape index (κ1) is 15.2. The predicted molar refractivity (Wildman–Crippen MR) is 74.9 cm³/mol. The molecule has 4 nitrogen and oxygen atoms in total. The van der Waals surface area contributed by atoms with E-state index in [2.05, 4.69) is 30.3 Å². The Morgan fingerprint density at radius 1 is 1.39 bits per heavy atom. The normalized spacial score (nSPS) is 12.9. The van der Waals surface area contributed by atoms with E-state index < -0.39 is 0 Å². The Morgan fingerprint density at radius 2 is 2.17 bits per heavy atom. The average Bonchev–Trinajstić information content (AvgIpc) is 2.74. The van der Waals surface area contributed by atoms with E-state index in [-0.39, 0.29) is 0 Å². The van der Waals surface area contributed by atoms with E-state index in [4.69, 9.17) is 4.74 Å². The lowest BCUT2D eigenvalue weighted by Crippen LogP contribution is -2.29. The molecule has 0 fully saturated rings. The molecule has 104 valence electrons. The van der Waals surface area contributed by atoms with Crippen LogP contribution in [0.5, 0.6) is 0 Å². The maximum absolute atomic E-state index is 5.55. The lowest BCUT2D eigenvalue weighted by Gasteiger charge is -2.16. The highest BCUT2D eigenvalue weighted by molar-refractivity contribution is 5.11. The van der Waals surface area contributed by atoms with Crippen LogP contribution in [0.1, 0.15) is 38.1 Å². The van der Waals surface area contributed by atoms with Gasteiger partial charge >= 0.3 is 0 Å². The van der Waals surface area contributed by atoms with Crippen LogP contribution >= 0.6 is 0 Å². The molecule has 0 saturated heterocycles. The van der Waals surface area contributed by atoms with Gasteiger partial charge in [-0.25, -0.2) is 0 Å². The maximum Gasteiger partial charge on any atom is 0.0624 e. The zero-order valence-electron chi connectivity index (χ0n) is 12.2. The first-order valence-electron chi connectivity index (χ1n) is 6.98. The zero-order valence-corrected chi connectivity index (χ0v) is 12.2. The molecule has 0 aliphatic heterocycles. The quantitative estimate of drug-likeness (QED) is 0.684. The fourth-order valence-electron chi connectivity index (χ4n) is 2.01. The van der Waals surface area contributed by atoms with Crippen molar-refractivity contribution < 1.29 is 4.74 Å². The summed E-state index contributed by atoms with van der Waals surface area (Å²) < 4.78 is 7.54. The van der Waals surface area contributed by atoms with Crippen LogP contribution in [0.2, 0.25) is 0 Å². The molecule has 1 aromatic heterocycles. The van der Waals surface area contributed by atoms with Crippen LogP contribution in [0, 0.1) is 0 Å². The third-order valence-corrected chi connectivity index (χ3v) is 3.21. The summed E-state index contributed by atoms with van der Waals surface area (Å²) in [5, 5.41) is 7.84. The number of nitrogens with zero attached hydrogens (tertiary/aromatic N) is 2. The number of hydrogen-bond donors (Lipinski definition) is 1. The number of aryl methyl sites for hydroxylation is 2. The Labute approximate surface area is 111 Å². The number of rotatable bonds is 9. The third kappa shape index (κ3) is 4.78. The van der Waals surface area contributed by atoms with Crippen molar-refractivity contribution in [1.29, 1.82) is 0 Å². The van der Waals surface area contributed by atoms with Gasteiger partial charge in [-0.1, -0.05) is 13.8 Å². The van der Waals surface area contributed by atoms with E-state index in [1.807, 2.05) is 18.8 Å². The van der Waals surface area contributed by atoms with Gasteiger partial charge in [0.1, 0.15) is 0 Å². The fraction of sp³-hybridized carbons (Fsp3) is 0.786. The van der Waals surface area contributed by atoms with Gasteiger partial charge in [0.15, 0.2) is 0 Å². The van der Waals surface area contributed by atoms with E-state index in [9.17, 15) is 0 Å². The number of likely N-dealkylation sites (N-methyl/N-ethyl adjacent to an activating group) is 1. The first-order valence-corrected chi connectivity index (χ1v) is 6.98. The summed E-state index contributed by atoms with van der Waals surface area (Å²) in [5.41, 5.74) is 2.46. The smallest absolute Gasteiger partial charge is 0.0624 e. The van der Waals surface area contributed by atoms with Gasteiger partial charge < -0.3 is 10.1 Å². The highest BCUT2D eigenvalue weighted by Crippen LogP contribution is 2.08. The molecule has 1 atom stereocenters. The van der Waals surface area contributed by atoms with Crippen molar-refractivity contribution in [1.82, 2.24) is 15.1 Å². The molecular weight excluding hydrogens is 226 g/mol. The van der Waals surface area contributed by atoms with Crippen LogP contribution in [0.3, 0.4) is 0 Å². The lowest BCUT2D eigenvalue weighted by atomic mass is 10.1. The Balaban J connectivity index is 2.43. The molecule has 4 heteroatoms. The van der Waals surface area contributed by atoms with E-state index in [0.29, 0.717) is 6.04 Å². The second-order valence-corrected chi connectivity index (χ2v) is 4.69. The van der Waals surface area contributed by atoms with Gasteiger partial charge in [0.2, 0.25) is 0 Å². The van der Waals surface area contributed by atoms with Crippen molar-refractivity contribution in [3.63, 3.8) is 0 Å². The van der Waals surface area contributed by atoms with Crippen LogP contribution in [-0.2, 0) is 24.6 Å². The van der Waals surface area contributed by atoms with Gasteiger partial charge in [-0.15, -0.1) is 0 Å². The number of ether oxygens (including phenoxy) is 1. The van der Waals surface area contributed by atoms with E-state index in [1.165, 1.54) is 11.4 Å². The van der Waals surface area contributed by atoms with Gasteiger partial charge in [-0.3, -0.25) is 4.68 Å². The van der Waals surface area contributed by atoms with Crippen LogP contribution in [0.4, 0.5) is 0 Å². The molecule has 1 heterocycles. The molecule has 0 aromatic carbocycles. The van der Waals surface area contributed by atoms with Crippen molar-refractivity contribution in [2.75, 3.05) is 20.3 Å². The van der Waals surface area contributed by atoms with Gasteiger partial charge in [-0.2, -0.15) is 5.10 Å². The number of aromatic nitrogens is 2. The summed E-state index contributed by atoms with van der Waals surface area (Å²) in [6.45, 7) is 5.97. The van der Waals surface area contributed by atoms with E-state index in [0.717, 1.165) is 38.9 Å². The summed E-state index contributed by atoms with van der Waals surface area (Å²) in [4.78, 5) is 0. The molecule has 0 amide bonds. The minimum Gasteiger partial charge on any atom is -0.381 e.